The predicted octanol–water partition coefficient (Wildman–Crippen LogP) is 2.26. The minimum Gasteiger partial charge on any atom is -0.481 e. The van der Waals surface area contributed by atoms with E-state index >= 15 is 0 Å². The zero-order chi connectivity index (χ0) is 14.9. The number of amides is 1. The van der Waals surface area contributed by atoms with Crippen molar-refractivity contribution in [2.75, 3.05) is 5.32 Å². The number of hydrogen-bond acceptors (Lipinski definition) is 3. The number of carboxylic acids is 1. The molecular weight excluding hydrogens is 272 g/mol. The highest BCUT2D eigenvalue weighted by molar-refractivity contribution is 5.99. The molecule has 1 fully saturated rings. The molecule has 0 heterocycles. The van der Waals surface area contributed by atoms with Crippen LogP contribution in [-0.2, 0) is 9.59 Å². The van der Waals surface area contributed by atoms with Gasteiger partial charge >= 0.3 is 12.6 Å². The standard InChI is InChI=1S/C13H13F2NO4/c1-6-3-2-4-9(20-13(14)15)10(6)16-11(17)7-5-8(7)12(18)19/h2-4,7-8,13H,5H2,1H3,(H,16,17)(H,18,19). The Bertz CT molecular complexity index is 547. The number of alkyl halides is 2. The van der Waals surface area contributed by atoms with Crippen molar-refractivity contribution in [3.8, 4) is 5.75 Å². The van der Waals surface area contributed by atoms with Gasteiger partial charge in [-0.15, -0.1) is 0 Å². The average molecular weight is 285 g/mol. The fourth-order valence-electron chi connectivity index (χ4n) is 1.97. The zero-order valence-corrected chi connectivity index (χ0v) is 10.6. The lowest BCUT2D eigenvalue weighted by Crippen LogP contribution is -2.18. The van der Waals surface area contributed by atoms with E-state index in [0.29, 0.717) is 5.56 Å². The molecule has 2 rings (SSSR count). The van der Waals surface area contributed by atoms with E-state index in [2.05, 4.69) is 10.1 Å². The quantitative estimate of drug-likeness (QED) is 0.870. The fraction of sp³-hybridized carbons (Fsp3) is 0.385. The summed E-state index contributed by atoms with van der Waals surface area (Å²) in [4.78, 5) is 22.6. The van der Waals surface area contributed by atoms with E-state index in [9.17, 15) is 18.4 Å². The van der Waals surface area contributed by atoms with Crippen LogP contribution in [0.5, 0.6) is 5.75 Å². The molecule has 1 saturated carbocycles. The number of para-hydroxylation sites is 1. The van der Waals surface area contributed by atoms with Crippen LogP contribution in [0.2, 0.25) is 0 Å². The minimum atomic E-state index is -3.00. The summed E-state index contributed by atoms with van der Waals surface area (Å²) in [6, 6.07) is 4.48. The molecule has 1 aromatic rings. The van der Waals surface area contributed by atoms with E-state index in [1.165, 1.54) is 12.1 Å². The highest BCUT2D eigenvalue weighted by atomic mass is 19.3. The molecule has 20 heavy (non-hydrogen) atoms. The highest BCUT2D eigenvalue weighted by Gasteiger charge is 2.48. The number of ether oxygens (including phenoxy) is 1. The maximum absolute atomic E-state index is 12.3. The largest absolute Gasteiger partial charge is 0.481 e. The van der Waals surface area contributed by atoms with Crippen LogP contribution in [0, 0.1) is 18.8 Å². The molecule has 2 N–H and O–H groups in total. The SMILES string of the molecule is Cc1cccc(OC(F)F)c1NC(=O)C1CC1C(=O)O. The second kappa shape index (κ2) is 5.44. The van der Waals surface area contributed by atoms with Gasteiger partial charge in [0.25, 0.3) is 0 Å². The number of carbonyl (C=O) groups is 2. The molecule has 7 heteroatoms. The lowest BCUT2D eigenvalue weighted by atomic mass is 10.1. The topological polar surface area (TPSA) is 75.6 Å². The number of nitrogens with one attached hydrogen (secondary N) is 1. The molecule has 5 nitrogen and oxygen atoms in total. The number of hydrogen-bond donors (Lipinski definition) is 2. The first-order valence-electron chi connectivity index (χ1n) is 5.98. The monoisotopic (exact) mass is 285 g/mol. The van der Waals surface area contributed by atoms with Gasteiger partial charge in [0, 0.05) is 0 Å². The molecule has 0 radical (unpaired) electrons. The van der Waals surface area contributed by atoms with Crippen LogP contribution in [-0.4, -0.2) is 23.6 Å². The Morgan fingerprint density at radius 1 is 1.40 bits per heavy atom. The minimum absolute atomic E-state index is 0.138. The fourth-order valence-corrected chi connectivity index (χ4v) is 1.97. The first kappa shape index (κ1) is 14.2. The van der Waals surface area contributed by atoms with Crippen LogP contribution in [0.25, 0.3) is 0 Å². The van der Waals surface area contributed by atoms with Crippen LogP contribution in [0.1, 0.15) is 12.0 Å². The van der Waals surface area contributed by atoms with Gasteiger partial charge in [0.2, 0.25) is 5.91 Å². The van der Waals surface area contributed by atoms with Crippen LogP contribution in [0.15, 0.2) is 18.2 Å². The first-order valence-corrected chi connectivity index (χ1v) is 5.98. The van der Waals surface area contributed by atoms with E-state index in [1.54, 1.807) is 13.0 Å². The Labute approximate surface area is 113 Å². The lowest BCUT2D eigenvalue weighted by molar-refractivity contribution is -0.139. The molecular formula is C13H13F2NO4. The third-order valence-electron chi connectivity index (χ3n) is 3.14. The second-order valence-corrected chi connectivity index (χ2v) is 4.60. The predicted molar refractivity (Wildman–Crippen MR) is 65.7 cm³/mol. The second-order valence-electron chi connectivity index (χ2n) is 4.60. The highest BCUT2D eigenvalue weighted by Crippen LogP contribution is 2.40. The van der Waals surface area contributed by atoms with Gasteiger partial charge in [-0.3, -0.25) is 9.59 Å². The maximum Gasteiger partial charge on any atom is 0.387 e. The summed E-state index contributed by atoms with van der Waals surface area (Å²) in [7, 11) is 0. The van der Waals surface area contributed by atoms with Gasteiger partial charge in [0.15, 0.2) is 0 Å². The molecule has 108 valence electrons. The van der Waals surface area contributed by atoms with Crippen LogP contribution in [0.4, 0.5) is 14.5 Å². The molecule has 2 atom stereocenters. The van der Waals surface area contributed by atoms with Gasteiger partial charge in [-0.05, 0) is 25.0 Å². The number of carbonyl (C=O) groups excluding carboxylic acids is 1. The number of carboxylic acid groups (broad SMARTS) is 1. The van der Waals surface area contributed by atoms with Crippen molar-refractivity contribution < 1.29 is 28.2 Å². The van der Waals surface area contributed by atoms with Gasteiger partial charge in [-0.1, -0.05) is 12.1 Å². The average Bonchev–Trinajstić information content (AvgIpc) is 3.13. The smallest absolute Gasteiger partial charge is 0.387 e. The molecule has 0 aromatic heterocycles. The Hall–Kier alpha value is -2.18. The lowest BCUT2D eigenvalue weighted by Gasteiger charge is -2.14. The molecule has 0 saturated heterocycles. The van der Waals surface area contributed by atoms with Crippen molar-refractivity contribution >= 4 is 17.6 Å². The van der Waals surface area contributed by atoms with E-state index in [1.807, 2.05) is 0 Å². The maximum atomic E-state index is 12.3. The van der Waals surface area contributed by atoms with Gasteiger partial charge in [0.05, 0.1) is 17.5 Å². The molecule has 2 unspecified atom stereocenters. The zero-order valence-electron chi connectivity index (χ0n) is 10.6. The molecule has 0 aliphatic heterocycles. The van der Waals surface area contributed by atoms with Crippen molar-refractivity contribution in [1.29, 1.82) is 0 Å². The summed E-state index contributed by atoms with van der Waals surface area (Å²) >= 11 is 0. The van der Waals surface area contributed by atoms with E-state index in [-0.39, 0.29) is 17.9 Å². The van der Waals surface area contributed by atoms with Gasteiger partial charge in [-0.25, -0.2) is 0 Å². The number of aliphatic carboxylic acids is 1. The van der Waals surface area contributed by atoms with Crippen molar-refractivity contribution in [2.24, 2.45) is 11.8 Å². The van der Waals surface area contributed by atoms with Crippen LogP contribution in [0.3, 0.4) is 0 Å². The molecule has 1 aliphatic rings. The number of rotatable bonds is 5. The number of anilines is 1. The normalized spacial score (nSPS) is 20.6. The van der Waals surface area contributed by atoms with Gasteiger partial charge < -0.3 is 15.2 Å². The van der Waals surface area contributed by atoms with E-state index < -0.39 is 30.3 Å². The molecule has 0 spiro atoms. The summed E-state index contributed by atoms with van der Waals surface area (Å²) < 4.78 is 28.9. The summed E-state index contributed by atoms with van der Waals surface area (Å²) in [5.41, 5.74) is 0.706. The number of aryl methyl sites for hydroxylation is 1. The Morgan fingerprint density at radius 3 is 2.65 bits per heavy atom. The Kier molecular flexibility index (Phi) is 3.87. The van der Waals surface area contributed by atoms with Crippen molar-refractivity contribution in [3.05, 3.63) is 23.8 Å². The van der Waals surface area contributed by atoms with Crippen molar-refractivity contribution in [1.82, 2.24) is 0 Å². The Balaban J connectivity index is 2.13. The van der Waals surface area contributed by atoms with E-state index in [0.717, 1.165) is 0 Å². The van der Waals surface area contributed by atoms with Gasteiger partial charge in [-0.2, -0.15) is 8.78 Å². The summed E-state index contributed by atoms with van der Waals surface area (Å²) in [6.45, 7) is -1.37. The first-order chi connectivity index (χ1) is 9.40. The summed E-state index contributed by atoms with van der Waals surface area (Å²) in [5, 5.41) is 11.2. The Morgan fingerprint density at radius 2 is 2.10 bits per heavy atom. The number of halogens is 2. The molecule has 1 aromatic carbocycles. The number of benzene rings is 1. The third-order valence-corrected chi connectivity index (χ3v) is 3.14. The van der Waals surface area contributed by atoms with E-state index in [4.69, 9.17) is 5.11 Å². The third kappa shape index (κ3) is 3.04. The van der Waals surface area contributed by atoms with Crippen molar-refractivity contribution in [3.63, 3.8) is 0 Å². The summed E-state index contributed by atoms with van der Waals surface area (Å²) in [6.07, 6.45) is 0.262. The van der Waals surface area contributed by atoms with Crippen molar-refractivity contribution in [2.45, 2.75) is 20.0 Å². The van der Waals surface area contributed by atoms with Crippen LogP contribution >= 0.6 is 0 Å². The van der Waals surface area contributed by atoms with Gasteiger partial charge in [0.1, 0.15) is 5.75 Å². The molecule has 1 amide bonds. The summed E-state index contributed by atoms with van der Waals surface area (Å²) in [5.74, 6) is -2.98. The molecule has 1 aliphatic carbocycles. The molecule has 0 bridgehead atoms. The van der Waals surface area contributed by atoms with Crippen LogP contribution < -0.4 is 10.1 Å².